The molecule has 0 amide bonds. The molecule has 1 saturated heterocycles. The molecular formula is C20H25N7S2. The molecule has 3 heterocycles. The van der Waals surface area contributed by atoms with Crippen LogP contribution < -0.4 is 15.5 Å². The summed E-state index contributed by atoms with van der Waals surface area (Å²) in [5, 5.41) is 6.93. The fourth-order valence-electron chi connectivity index (χ4n) is 3.92. The maximum Gasteiger partial charge on any atom is 0.231 e. The topological polar surface area (TPSA) is 81.8 Å². The summed E-state index contributed by atoms with van der Waals surface area (Å²) in [6.45, 7) is 2.19. The van der Waals surface area contributed by atoms with Gasteiger partial charge < -0.3 is 20.5 Å². The Bertz CT molecular complexity index is 945. The van der Waals surface area contributed by atoms with Crippen molar-refractivity contribution in [3.8, 4) is 0 Å². The van der Waals surface area contributed by atoms with Gasteiger partial charge in [0.2, 0.25) is 5.95 Å². The van der Waals surface area contributed by atoms with E-state index in [1.54, 1.807) is 6.33 Å². The quantitative estimate of drug-likeness (QED) is 0.508. The highest BCUT2D eigenvalue weighted by molar-refractivity contribution is 8.76. The normalized spacial score (nSPS) is 18.1. The number of benzene rings is 1. The molecule has 29 heavy (non-hydrogen) atoms. The molecule has 7 nitrogen and oxygen atoms in total. The average Bonchev–Trinajstić information content (AvgIpc) is 3.35. The molecule has 152 valence electrons. The van der Waals surface area contributed by atoms with Crippen molar-refractivity contribution < 1.29 is 0 Å². The van der Waals surface area contributed by atoms with Gasteiger partial charge in [-0.2, -0.15) is 9.97 Å². The molecule has 0 radical (unpaired) electrons. The molecule has 1 aliphatic carbocycles. The van der Waals surface area contributed by atoms with E-state index in [1.807, 2.05) is 21.6 Å². The van der Waals surface area contributed by atoms with Crippen LogP contribution in [0.15, 0.2) is 30.6 Å². The number of nitrogens with zero attached hydrogens (tertiary/aromatic N) is 4. The number of imidazole rings is 1. The van der Waals surface area contributed by atoms with Crippen molar-refractivity contribution in [3.63, 3.8) is 0 Å². The third-order valence-electron chi connectivity index (χ3n) is 5.44. The number of aromatic nitrogens is 4. The van der Waals surface area contributed by atoms with E-state index in [0.717, 1.165) is 35.8 Å². The first kappa shape index (κ1) is 18.9. The van der Waals surface area contributed by atoms with E-state index >= 15 is 0 Å². The highest BCUT2D eigenvalue weighted by Crippen LogP contribution is 2.29. The summed E-state index contributed by atoms with van der Waals surface area (Å²) < 4.78 is 0. The molecule has 2 fully saturated rings. The minimum absolute atomic E-state index is 0.474. The number of aromatic amines is 1. The lowest BCUT2D eigenvalue weighted by molar-refractivity contribution is 0.751. The summed E-state index contributed by atoms with van der Waals surface area (Å²) in [5.41, 5.74) is 3.80. The zero-order chi connectivity index (χ0) is 19.5. The van der Waals surface area contributed by atoms with Crippen LogP contribution in [0, 0.1) is 0 Å². The van der Waals surface area contributed by atoms with E-state index in [4.69, 9.17) is 4.98 Å². The molecule has 0 unspecified atom stereocenters. The van der Waals surface area contributed by atoms with Crippen molar-refractivity contribution in [2.45, 2.75) is 31.7 Å². The Morgan fingerprint density at radius 3 is 2.52 bits per heavy atom. The maximum atomic E-state index is 4.72. The van der Waals surface area contributed by atoms with Gasteiger partial charge in [0, 0.05) is 42.0 Å². The third-order valence-corrected chi connectivity index (χ3v) is 7.80. The van der Waals surface area contributed by atoms with E-state index in [1.165, 1.54) is 42.9 Å². The second-order valence-corrected chi connectivity index (χ2v) is 10.1. The lowest BCUT2D eigenvalue weighted by Crippen LogP contribution is -2.26. The number of nitrogens with one attached hydrogen (secondary N) is 3. The zero-order valence-corrected chi connectivity index (χ0v) is 17.9. The van der Waals surface area contributed by atoms with Crippen molar-refractivity contribution in [2.75, 3.05) is 40.1 Å². The van der Waals surface area contributed by atoms with Gasteiger partial charge in [0.1, 0.15) is 5.52 Å². The van der Waals surface area contributed by atoms with Crippen LogP contribution in [-0.2, 0) is 0 Å². The first-order valence-corrected chi connectivity index (χ1v) is 12.7. The van der Waals surface area contributed by atoms with Crippen molar-refractivity contribution in [1.29, 1.82) is 0 Å². The van der Waals surface area contributed by atoms with Crippen molar-refractivity contribution in [3.05, 3.63) is 30.6 Å². The molecular weight excluding hydrogens is 402 g/mol. The number of anilines is 4. The fraction of sp³-hybridized carbons (Fsp3) is 0.450. The van der Waals surface area contributed by atoms with Crippen molar-refractivity contribution in [2.24, 2.45) is 0 Å². The smallest absolute Gasteiger partial charge is 0.231 e. The molecule has 2 aromatic heterocycles. The van der Waals surface area contributed by atoms with Crippen LogP contribution in [0.25, 0.3) is 11.2 Å². The van der Waals surface area contributed by atoms with Gasteiger partial charge in [-0.05, 0) is 37.1 Å². The summed E-state index contributed by atoms with van der Waals surface area (Å²) in [6, 6.07) is 9.03. The fourth-order valence-corrected chi connectivity index (χ4v) is 5.90. The van der Waals surface area contributed by atoms with Gasteiger partial charge in [0.05, 0.1) is 6.33 Å². The molecule has 2 aliphatic rings. The van der Waals surface area contributed by atoms with Gasteiger partial charge in [-0.1, -0.05) is 34.4 Å². The van der Waals surface area contributed by atoms with Crippen LogP contribution in [0.4, 0.5) is 23.1 Å². The summed E-state index contributed by atoms with van der Waals surface area (Å²) in [6.07, 6.45) is 6.60. The van der Waals surface area contributed by atoms with Crippen LogP contribution in [0.3, 0.4) is 0 Å². The van der Waals surface area contributed by atoms with Gasteiger partial charge in [-0.15, -0.1) is 0 Å². The molecule has 3 aromatic rings. The average molecular weight is 428 g/mol. The number of hydrogen-bond donors (Lipinski definition) is 3. The Morgan fingerprint density at radius 1 is 1.00 bits per heavy atom. The molecule has 1 aliphatic heterocycles. The molecule has 0 spiro atoms. The summed E-state index contributed by atoms with van der Waals surface area (Å²) in [7, 11) is 3.93. The Balaban J connectivity index is 1.34. The van der Waals surface area contributed by atoms with Gasteiger partial charge in [-0.3, -0.25) is 0 Å². The van der Waals surface area contributed by atoms with E-state index in [-0.39, 0.29) is 0 Å². The minimum atomic E-state index is 0.474. The minimum Gasteiger partial charge on any atom is -0.370 e. The summed E-state index contributed by atoms with van der Waals surface area (Å²) in [4.78, 5) is 19.3. The number of H-pyrrole nitrogens is 1. The molecule has 0 atom stereocenters. The largest absolute Gasteiger partial charge is 0.370 e. The van der Waals surface area contributed by atoms with Gasteiger partial charge in [-0.25, -0.2) is 4.98 Å². The Labute approximate surface area is 178 Å². The lowest BCUT2D eigenvalue weighted by Gasteiger charge is -2.22. The third kappa shape index (κ3) is 4.40. The van der Waals surface area contributed by atoms with Crippen LogP contribution in [-0.4, -0.2) is 50.6 Å². The van der Waals surface area contributed by atoms with E-state index < -0.39 is 0 Å². The summed E-state index contributed by atoms with van der Waals surface area (Å²) >= 11 is 0. The predicted octanol–water partition coefficient (Wildman–Crippen LogP) is 4.65. The molecule has 9 heteroatoms. The van der Waals surface area contributed by atoms with Crippen LogP contribution in [0.5, 0.6) is 0 Å². The maximum absolute atomic E-state index is 4.72. The van der Waals surface area contributed by atoms with E-state index in [9.17, 15) is 0 Å². The van der Waals surface area contributed by atoms with Gasteiger partial charge >= 0.3 is 0 Å². The molecule has 0 bridgehead atoms. The number of hydrogen-bond acceptors (Lipinski definition) is 8. The van der Waals surface area contributed by atoms with Crippen molar-refractivity contribution in [1.82, 2.24) is 19.9 Å². The first-order valence-electron chi connectivity index (χ1n) is 10.2. The molecule has 3 N–H and O–H groups in total. The van der Waals surface area contributed by atoms with Gasteiger partial charge in [0.15, 0.2) is 11.5 Å². The Kier molecular flexibility index (Phi) is 5.67. The SMILES string of the molecule is c1nc2c(NC3CCCC3)nc(Nc3ccc(N4CCSSCC4)cc3)nc2[nH]1. The Hall–Kier alpha value is -2.13. The summed E-state index contributed by atoms with van der Waals surface area (Å²) in [5.74, 6) is 3.72. The number of fused-ring (bicyclic) bond motifs is 1. The Morgan fingerprint density at radius 2 is 1.76 bits per heavy atom. The van der Waals surface area contributed by atoms with E-state index in [0.29, 0.717) is 12.0 Å². The van der Waals surface area contributed by atoms with Crippen LogP contribution in [0.1, 0.15) is 25.7 Å². The zero-order valence-electron chi connectivity index (χ0n) is 16.2. The highest BCUT2D eigenvalue weighted by Gasteiger charge is 2.18. The van der Waals surface area contributed by atoms with Gasteiger partial charge in [0.25, 0.3) is 0 Å². The lowest BCUT2D eigenvalue weighted by atomic mass is 10.2. The van der Waals surface area contributed by atoms with Crippen LogP contribution in [0.2, 0.25) is 0 Å². The second-order valence-electron chi connectivity index (χ2n) is 7.42. The monoisotopic (exact) mass is 427 g/mol. The van der Waals surface area contributed by atoms with E-state index in [2.05, 4.69) is 54.8 Å². The predicted molar refractivity (Wildman–Crippen MR) is 124 cm³/mol. The number of rotatable bonds is 5. The second kappa shape index (κ2) is 8.71. The molecule has 1 aromatic carbocycles. The van der Waals surface area contributed by atoms with Crippen LogP contribution >= 0.6 is 21.6 Å². The highest BCUT2D eigenvalue weighted by atomic mass is 33.1. The molecule has 1 saturated carbocycles. The molecule has 5 rings (SSSR count). The first-order chi connectivity index (χ1) is 14.3. The standard InChI is InChI=1S/C20H25N7S2/c1-2-4-14(3-1)23-19-17-18(22-13-21-17)25-20(26-19)24-15-5-7-16(8-6-15)27-9-11-28-29-12-10-27/h5-8,13-14H,1-4,9-12H2,(H3,21,22,23,24,25,26). The van der Waals surface area contributed by atoms with Crippen molar-refractivity contribution >= 4 is 55.9 Å².